The van der Waals surface area contributed by atoms with Crippen LogP contribution >= 0.6 is 0 Å². The maximum atomic E-state index is 6.17. The number of rotatable bonds is 0. The molecule has 0 amide bonds. The third-order valence-electron chi connectivity index (χ3n) is 0. The molecular weight excluding hydrogens is 642 g/mol. The van der Waals surface area contributed by atoms with Crippen LogP contribution in [0.5, 0.6) is 0 Å². The summed E-state index contributed by atoms with van der Waals surface area (Å²) in [6.45, 7) is 0. The van der Waals surface area contributed by atoms with Crippen LogP contribution in [0.3, 0.4) is 0 Å². The van der Waals surface area contributed by atoms with Gasteiger partial charge in [0.05, 0.1) is 0 Å². The van der Waals surface area contributed by atoms with Gasteiger partial charge in [-0.15, -0.1) is 0 Å². The monoisotopic (exact) mass is 649 g/mol. The number of hydrogen-bond donors (Lipinski definition) is 3. The molecule has 2 radical (unpaired) electrons. The van der Waals surface area contributed by atoms with Crippen molar-refractivity contribution in [3.8, 4) is 0 Å². The van der Waals surface area contributed by atoms with Crippen molar-refractivity contribution < 1.29 is 77.7 Å². The van der Waals surface area contributed by atoms with Crippen LogP contribution in [0.4, 0.5) is 0 Å². The van der Waals surface area contributed by atoms with E-state index in [-0.39, 0.29) is 105 Å². The van der Waals surface area contributed by atoms with Crippen LogP contribution in [-0.4, -0.2) is 33.3 Å². The molecule has 0 spiro atoms. The molecule has 7 heteroatoms. The first-order valence-electron chi connectivity index (χ1n) is 0.892. The van der Waals surface area contributed by atoms with Gasteiger partial charge in [0.25, 0.3) is 5.96 Å². The first-order valence-corrected chi connectivity index (χ1v) is 0.892. The first-order chi connectivity index (χ1) is 1.73. The van der Waals surface area contributed by atoms with E-state index in [1.165, 1.54) is 0 Å². The van der Waals surface area contributed by atoms with Crippen molar-refractivity contribution in [1.82, 2.24) is 0 Å². The van der Waals surface area contributed by atoms with Gasteiger partial charge in [0, 0.05) is 0 Å². The van der Waals surface area contributed by atoms with Gasteiger partial charge in [-0.3, -0.25) is 5.73 Å². The fourth-order valence-electron chi connectivity index (χ4n) is 0. The van der Waals surface area contributed by atoms with Crippen LogP contribution < -0.4 is 83.4 Å². The third-order valence-corrected chi connectivity index (χ3v) is 0. The molecule has 0 saturated heterocycles. The predicted molar refractivity (Wildman–Crippen MR) is 20.6 cm³/mol. The fourth-order valence-corrected chi connectivity index (χ4v) is 0. The Hall–Kier alpha value is 2.54. The van der Waals surface area contributed by atoms with Crippen molar-refractivity contribution in [3.05, 3.63) is 0 Å². The standard InChI is InChI=1S/CH5N3.3HI.Pb/c2-1(3)4;;;;/h(H5,2,3,4);3*1H;/q;;;;+2/p-2. The molecule has 0 bridgehead atoms. The molecule has 8 heavy (non-hydrogen) atoms. The van der Waals surface area contributed by atoms with Gasteiger partial charge in [-0.1, -0.05) is 0 Å². The molecule has 3 nitrogen and oxygen atoms in total. The molecule has 0 aromatic heterocycles. The minimum atomic E-state index is -0.0833. The molecular formula is CH6I3N3Pb. The van der Waals surface area contributed by atoms with Crippen LogP contribution in [0.2, 0.25) is 0 Å². The number of nitrogens with two attached hydrogens (primary N) is 1. The molecule has 50 valence electrons. The quantitative estimate of drug-likeness (QED) is 0.104. The van der Waals surface area contributed by atoms with E-state index < -0.39 is 0 Å². The minimum absolute atomic E-state index is 0. The topological polar surface area (TPSA) is 77.5 Å². The molecule has 0 aliphatic carbocycles. The number of guanidine groups is 1. The Morgan fingerprint density at radius 1 is 1.25 bits per heavy atom. The van der Waals surface area contributed by atoms with Crippen molar-refractivity contribution in [3.63, 3.8) is 0 Å². The molecule has 0 aliphatic rings. The second-order valence-electron chi connectivity index (χ2n) is 0.525. The average Bonchev–Trinajstić information content (AvgIpc) is 0.811. The SMILES string of the molecule is N=C(N)[NH3+].[I-].[I-].[I-].[Pb+2]. The van der Waals surface area contributed by atoms with Gasteiger partial charge in [0.2, 0.25) is 0 Å². The summed E-state index contributed by atoms with van der Waals surface area (Å²) in [7, 11) is 0. The molecule has 6 N–H and O–H groups in total. The van der Waals surface area contributed by atoms with E-state index in [0.29, 0.717) is 0 Å². The second-order valence-corrected chi connectivity index (χ2v) is 0.525. The van der Waals surface area contributed by atoms with Gasteiger partial charge in [-0.2, -0.15) is 0 Å². The summed E-state index contributed by atoms with van der Waals surface area (Å²) in [6.07, 6.45) is 0. The molecule has 0 saturated carbocycles. The van der Waals surface area contributed by atoms with Gasteiger partial charge in [-0.25, -0.2) is 5.41 Å². The largest absolute Gasteiger partial charge is 2.00 e. The molecule has 0 aromatic rings. The summed E-state index contributed by atoms with van der Waals surface area (Å²) < 4.78 is 0. The van der Waals surface area contributed by atoms with Crippen molar-refractivity contribution in [1.29, 1.82) is 5.41 Å². The number of quaternary nitrogens is 1. The Kier molecular flexibility index (Phi) is 88.6. The van der Waals surface area contributed by atoms with Crippen LogP contribution in [-0.2, 0) is 0 Å². The first kappa shape index (κ1) is 31.3. The molecule has 0 aliphatic heterocycles. The molecule has 0 atom stereocenters. The minimum Gasteiger partial charge on any atom is -1.00 e. The van der Waals surface area contributed by atoms with Gasteiger partial charge in [0.15, 0.2) is 0 Å². The normalized spacial score (nSPS) is 3.12. The van der Waals surface area contributed by atoms with E-state index in [2.05, 4.69) is 11.5 Å². The summed E-state index contributed by atoms with van der Waals surface area (Å²) in [5, 5.41) is 6.17. The van der Waals surface area contributed by atoms with E-state index in [9.17, 15) is 0 Å². The third kappa shape index (κ3) is 75.2. The van der Waals surface area contributed by atoms with Gasteiger partial charge in [-0.05, 0) is 0 Å². The zero-order chi connectivity index (χ0) is 3.58. The zero-order valence-corrected chi connectivity index (χ0v) is 14.3. The van der Waals surface area contributed by atoms with Gasteiger partial charge in [0.1, 0.15) is 0 Å². The Balaban J connectivity index is -0.00000000750. The molecule has 0 aromatic carbocycles. The number of halogens is 3. The van der Waals surface area contributed by atoms with Crippen molar-refractivity contribution in [2.75, 3.05) is 0 Å². The smallest absolute Gasteiger partial charge is 1.00 e. The zero-order valence-electron chi connectivity index (χ0n) is 3.92. The van der Waals surface area contributed by atoms with Crippen LogP contribution in [0, 0.1) is 5.41 Å². The van der Waals surface area contributed by atoms with E-state index >= 15 is 0 Å². The van der Waals surface area contributed by atoms with E-state index in [4.69, 9.17) is 5.41 Å². The fraction of sp³-hybridized carbons (Fsp3) is 0. The summed E-state index contributed by atoms with van der Waals surface area (Å²) in [5.41, 5.74) is 7.58. The van der Waals surface area contributed by atoms with Gasteiger partial charge < -0.3 is 77.7 Å². The Labute approximate surface area is 120 Å². The average molecular weight is 648 g/mol. The maximum absolute atomic E-state index is 6.17. The maximum Gasteiger partial charge on any atom is 2.00 e. The van der Waals surface area contributed by atoms with Crippen LogP contribution in [0.1, 0.15) is 0 Å². The van der Waals surface area contributed by atoms with E-state index in [1.54, 1.807) is 0 Å². The summed E-state index contributed by atoms with van der Waals surface area (Å²) in [4.78, 5) is 0. The Morgan fingerprint density at radius 2 is 1.25 bits per heavy atom. The summed E-state index contributed by atoms with van der Waals surface area (Å²) >= 11 is 0. The molecule has 0 heterocycles. The summed E-state index contributed by atoms with van der Waals surface area (Å²) in [6, 6.07) is 0. The van der Waals surface area contributed by atoms with E-state index in [0.717, 1.165) is 0 Å². The van der Waals surface area contributed by atoms with E-state index in [1.807, 2.05) is 0 Å². The molecule has 0 rings (SSSR count). The van der Waals surface area contributed by atoms with Crippen molar-refractivity contribution in [2.45, 2.75) is 0 Å². The molecule has 0 unspecified atom stereocenters. The number of nitrogens with one attached hydrogen (secondary N) is 1. The number of hydrogen-bond acceptors (Lipinski definition) is 1. The van der Waals surface area contributed by atoms with Crippen LogP contribution in [0.15, 0.2) is 0 Å². The Bertz CT molecular complexity index is 37.5. The van der Waals surface area contributed by atoms with Crippen LogP contribution in [0.25, 0.3) is 0 Å². The van der Waals surface area contributed by atoms with Crippen molar-refractivity contribution in [2.24, 2.45) is 5.73 Å². The second kappa shape index (κ2) is 22.7. The van der Waals surface area contributed by atoms with Gasteiger partial charge >= 0.3 is 27.3 Å². The predicted octanol–water partition coefficient (Wildman–Crippen LogP) is -11.2. The van der Waals surface area contributed by atoms with Crippen molar-refractivity contribution >= 4 is 33.3 Å². The Morgan fingerprint density at radius 3 is 1.25 bits per heavy atom. The molecule has 0 fully saturated rings. The summed E-state index contributed by atoms with van der Waals surface area (Å²) in [5.74, 6) is -0.0833.